The van der Waals surface area contributed by atoms with Crippen molar-refractivity contribution >= 4 is 38.9 Å². The minimum atomic E-state index is -3.83. The molecule has 8 heteroatoms. The molecule has 1 heterocycles. The summed E-state index contributed by atoms with van der Waals surface area (Å²) in [7, 11) is -3.83. The number of pyridine rings is 1. The van der Waals surface area contributed by atoms with Gasteiger partial charge in [0, 0.05) is 24.0 Å². The summed E-state index contributed by atoms with van der Waals surface area (Å²) in [6.45, 7) is 0.0918. The molecule has 2 aromatic rings. The van der Waals surface area contributed by atoms with Crippen LogP contribution in [0.15, 0.2) is 41.6 Å². The molecule has 20 heavy (non-hydrogen) atoms. The highest BCUT2D eigenvalue weighted by molar-refractivity contribution is 7.89. The van der Waals surface area contributed by atoms with Crippen molar-refractivity contribution in [1.29, 1.82) is 0 Å². The van der Waals surface area contributed by atoms with Gasteiger partial charge in [-0.3, -0.25) is 4.98 Å². The number of nitrogens with one attached hydrogen (secondary N) is 1. The van der Waals surface area contributed by atoms with Gasteiger partial charge in [0.05, 0.1) is 10.7 Å². The summed E-state index contributed by atoms with van der Waals surface area (Å²) in [5.74, 6) is 0. The Kier molecular flexibility index (Phi) is 4.49. The van der Waals surface area contributed by atoms with Gasteiger partial charge in [-0.1, -0.05) is 29.3 Å². The van der Waals surface area contributed by atoms with E-state index in [2.05, 4.69) is 9.71 Å². The van der Waals surface area contributed by atoms with E-state index < -0.39 is 10.0 Å². The summed E-state index contributed by atoms with van der Waals surface area (Å²) in [6, 6.07) is 6.14. The van der Waals surface area contributed by atoms with Gasteiger partial charge in [0.1, 0.15) is 4.90 Å². The van der Waals surface area contributed by atoms with Crippen molar-refractivity contribution in [1.82, 2.24) is 9.71 Å². The third kappa shape index (κ3) is 3.40. The molecule has 0 spiro atoms. The van der Waals surface area contributed by atoms with Crippen LogP contribution in [0.2, 0.25) is 10.0 Å². The average molecular weight is 332 g/mol. The Balaban J connectivity index is 2.28. The van der Waals surface area contributed by atoms with E-state index in [0.717, 1.165) is 5.56 Å². The van der Waals surface area contributed by atoms with Crippen molar-refractivity contribution in [3.63, 3.8) is 0 Å². The Labute approximate surface area is 126 Å². The summed E-state index contributed by atoms with van der Waals surface area (Å²) in [5.41, 5.74) is 6.40. The quantitative estimate of drug-likeness (QED) is 0.842. The smallest absolute Gasteiger partial charge is 0.244 e. The monoisotopic (exact) mass is 331 g/mol. The maximum Gasteiger partial charge on any atom is 0.244 e. The minimum absolute atomic E-state index is 0.00110. The Morgan fingerprint density at radius 1 is 1.30 bits per heavy atom. The van der Waals surface area contributed by atoms with Crippen LogP contribution in [0.25, 0.3) is 0 Å². The van der Waals surface area contributed by atoms with Gasteiger partial charge in [-0.2, -0.15) is 0 Å². The molecule has 2 rings (SSSR count). The van der Waals surface area contributed by atoms with E-state index in [1.54, 1.807) is 24.5 Å². The third-order valence-electron chi connectivity index (χ3n) is 2.49. The highest BCUT2D eigenvalue weighted by atomic mass is 35.5. The largest absolute Gasteiger partial charge is 0.398 e. The molecular formula is C12H11Cl2N3O2S. The van der Waals surface area contributed by atoms with Crippen molar-refractivity contribution < 1.29 is 8.42 Å². The molecule has 5 nitrogen and oxygen atoms in total. The first-order chi connectivity index (χ1) is 9.40. The van der Waals surface area contributed by atoms with Gasteiger partial charge in [-0.25, -0.2) is 13.1 Å². The molecule has 0 saturated heterocycles. The van der Waals surface area contributed by atoms with Crippen LogP contribution in [0.4, 0.5) is 5.69 Å². The molecule has 0 radical (unpaired) electrons. The molecule has 0 amide bonds. The third-order valence-corrected chi connectivity index (χ3v) is 4.64. The van der Waals surface area contributed by atoms with Crippen LogP contribution in [0.5, 0.6) is 0 Å². The summed E-state index contributed by atoms with van der Waals surface area (Å²) in [6.07, 6.45) is 3.17. The molecule has 0 atom stereocenters. The first-order valence-electron chi connectivity index (χ1n) is 5.53. The zero-order chi connectivity index (χ0) is 14.8. The molecule has 0 bridgehead atoms. The number of hydrogen-bond donors (Lipinski definition) is 2. The van der Waals surface area contributed by atoms with Crippen molar-refractivity contribution in [3.8, 4) is 0 Å². The van der Waals surface area contributed by atoms with Crippen LogP contribution in [0.3, 0.4) is 0 Å². The van der Waals surface area contributed by atoms with E-state index >= 15 is 0 Å². The van der Waals surface area contributed by atoms with E-state index in [4.69, 9.17) is 28.9 Å². The summed E-state index contributed by atoms with van der Waals surface area (Å²) in [4.78, 5) is 3.73. The molecular weight excluding hydrogens is 321 g/mol. The van der Waals surface area contributed by atoms with Gasteiger partial charge in [0.25, 0.3) is 0 Å². The summed E-state index contributed by atoms with van der Waals surface area (Å²) < 4.78 is 26.9. The Hall–Kier alpha value is -1.34. The lowest BCUT2D eigenvalue weighted by molar-refractivity contribution is 0.581. The molecule has 0 aliphatic rings. The lowest BCUT2D eigenvalue weighted by Crippen LogP contribution is -2.24. The predicted molar refractivity (Wildman–Crippen MR) is 79.1 cm³/mol. The topological polar surface area (TPSA) is 85.1 Å². The van der Waals surface area contributed by atoms with Crippen LogP contribution in [-0.4, -0.2) is 13.4 Å². The van der Waals surface area contributed by atoms with Crippen LogP contribution in [-0.2, 0) is 16.6 Å². The lowest BCUT2D eigenvalue weighted by Gasteiger charge is -2.11. The number of nitrogens with two attached hydrogens (primary N) is 1. The maximum absolute atomic E-state index is 12.2. The zero-order valence-corrected chi connectivity index (χ0v) is 12.5. The number of hydrogen-bond acceptors (Lipinski definition) is 4. The molecule has 0 fully saturated rings. The van der Waals surface area contributed by atoms with Crippen molar-refractivity contribution in [2.45, 2.75) is 11.4 Å². The number of rotatable bonds is 4. The van der Waals surface area contributed by atoms with Crippen LogP contribution in [0, 0.1) is 0 Å². The number of nitrogens with zero attached hydrogens (tertiary/aromatic N) is 1. The lowest BCUT2D eigenvalue weighted by atomic mass is 10.3. The van der Waals surface area contributed by atoms with E-state index in [9.17, 15) is 8.42 Å². The zero-order valence-electron chi connectivity index (χ0n) is 10.2. The van der Waals surface area contributed by atoms with Crippen LogP contribution < -0.4 is 10.5 Å². The fourth-order valence-electron chi connectivity index (χ4n) is 1.62. The maximum atomic E-state index is 12.2. The minimum Gasteiger partial charge on any atom is -0.398 e. The van der Waals surface area contributed by atoms with Gasteiger partial charge in [-0.05, 0) is 23.8 Å². The fraction of sp³-hybridized carbons (Fsp3) is 0.0833. The number of aromatic nitrogens is 1. The Bertz CT molecular complexity index is 698. The Morgan fingerprint density at radius 3 is 2.65 bits per heavy atom. The number of anilines is 1. The van der Waals surface area contributed by atoms with E-state index in [1.807, 2.05) is 0 Å². The molecule has 0 unspecified atom stereocenters. The van der Waals surface area contributed by atoms with Crippen LogP contribution in [0.1, 0.15) is 5.56 Å². The van der Waals surface area contributed by atoms with Gasteiger partial charge in [-0.15, -0.1) is 0 Å². The predicted octanol–water partition coefficient (Wildman–Crippen LogP) is 2.45. The van der Waals surface area contributed by atoms with Crippen molar-refractivity contribution in [2.24, 2.45) is 0 Å². The standard InChI is InChI=1S/C12H11Cl2N3O2S/c13-9-4-10(14)12(11(15)5-9)20(18,19)17-7-8-2-1-3-16-6-8/h1-6,17H,7,15H2. The van der Waals surface area contributed by atoms with E-state index in [0.29, 0.717) is 0 Å². The molecule has 106 valence electrons. The number of benzene rings is 1. The normalized spacial score (nSPS) is 11.5. The van der Waals surface area contributed by atoms with Crippen molar-refractivity contribution in [3.05, 3.63) is 52.3 Å². The second-order valence-electron chi connectivity index (χ2n) is 3.99. The van der Waals surface area contributed by atoms with E-state index in [-0.39, 0.29) is 27.2 Å². The number of halogens is 2. The molecule has 1 aromatic heterocycles. The van der Waals surface area contributed by atoms with Crippen LogP contribution >= 0.6 is 23.2 Å². The van der Waals surface area contributed by atoms with Gasteiger partial charge >= 0.3 is 0 Å². The van der Waals surface area contributed by atoms with Gasteiger partial charge in [0.15, 0.2) is 0 Å². The first kappa shape index (κ1) is 15.1. The second kappa shape index (κ2) is 5.97. The summed E-state index contributed by atoms with van der Waals surface area (Å²) >= 11 is 11.7. The molecule has 1 aromatic carbocycles. The molecule has 3 N–H and O–H groups in total. The highest BCUT2D eigenvalue weighted by Gasteiger charge is 2.21. The SMILES string of the molecule is Nc1cc(Cl)cc(Cl)c1S(=O)(=O)NCc1cccnc1. The number of nitrogen functional groups attached to an aromatic ring is 1. The van der Waals surface area contributed by atoms with Gasteiger partial charge in [0.2, 0.25) is 10.0 Å². The second-order valence-corrected chi connectivity index (χ2v) is 6.54. The molecule has 0 saturated carbocycles. The van der Waals surface area contributed by atoms with Gasteiger partial charge < -0.3 is 5.73 Å². The molecule has 0 aliphatic heterocycles. The fourth-order valence-corrected chi connectivity index (χ4v) is 3.62. The van der Waals surface area contributed by atoms with Crippen molar-refractivity contribution in [2.75, 3.05) is 5.73 Å². The highest BCUT2D eigenvalue weighted by Crippen LogP contribution is 2.30. The Morgan fingerprint density at radius 2 is 2.05 bits per heavy atom. The first-order valence-corrected chi connectivity index (χ1v) is 7.77. The number of sulfonamides is 1. The van der Waals surface area contributed by atoms with E-state index in [1.165, 1.54) is 12.1 Å². The molecule has 0 aliphatic carbocycles. The summed E-state index contributed by atoms with van der Waals surface area (Å²) in [5, 5.41) is 0.257. The average Bonchev–Trinajstić information content (AvgIpc) is 2.36.